The van der Waals surface area contributed by atoms with E-state index in [4.69, 9.17) is 4.42 Å². The Kier molecular flexibility index (Phi) is 3.61. The van der Waals surface area contributed by atoms with E-state index in [1.807, 2.05) is 36.6 Å². The number of aromatic nitrogens is 1. The molecular weight excluding hydrogens is 286 g/mol. The first kappa shape index (κ1) is 14.0. The lowest BCUT2D eigenvalue weighted by Gasteiger charge is -2.11. The maximum absolute atomic E-state index is 11.5. The van der Waals surface area contributed by atoms with Crippen molar-refractivity contribution in [2.75, 3.05) is 6.26 Å². The number of aliphatic hydroxyl groups excluding tert-OH is 1. The highest BCUT2D eigenvalue weighted by molar-refractivity contribution is 7.98. The number of aliphatic hydroxyl groups is 1. The van der Waals surface area contributed by atoms with Gasteiger partial charge >= 0.3 is 5.76 Å². The van der Waals surface area contributed by atoms with Crippen LogP contribution in [0.15, 0.2) is 56.6 Å². The summed E-state index contributed by atoms with van der Waals surface area (Å²) >= 11 is 1.66. The van der Waals surface area contributed by atoms with Gasteiger partial charge < -0.3 is 9.52 Å². The number of hydrogen-bond donors (Lipinski definition) is 1. The van der Waals surface area contributed by atoms with Crippen LogP contribution in [-0.2, 0) is 7.05 Å². The molecule has 0 saturated heterocycles. The molecule has 0 aliphatic carbocycles. The predicted molar refractivity (Wildman–Crippen MR) is 83.7 cm³/mol. The van der Waals surface area contributed by atoms with Crippen molar-refractivity contribution in [3.05, 3.63) is 64.1 Å². The Hall–Kier alpha value is -1.98. The second-order valence-corrected chi connectivity index (χ2v) is 5.71. The molecule has 0 aliphatic rings. The van der Waals surface area contributed by atoms with E-state index >= 15 is 0 Å². The Morgan fingerprint density at radius 1 is 1.14 bits per heavy atom. The summed E-state index contributed by atoms with van der Waals surface area (Å²) < 4.78 is 6.60. The monoisotopic (exact) mass is 301 g/mol. The molecule has 0 spiro atoms. The minimum absolute atomic E-state index is 0.402. The van der Waals surface area contributed by atoms with E-state index in [1.54, 1.807) is 30.9 Å². The molecular formula is C16H15NO3S. The number of fused-ring (bicyclic) bond motifs is 1. The minimum atomic E-state index is -0.740. The molecule has 2 aromatic carbocycles. The maximum Gasteiger partial charge on any atom is 0.419 e. The molecule has 0 aliphatic heterocycles. The summed E-state index contributed by atoms with van der Waals surface area (Å²) in [6.45, 7) is 0. The fourth-order valence-electron chi connectivity index (χ4n) is 2.30. The first-order valence-electron chi connectivity index (χ1n) is 6.51. The lowest BCUT2D eigenvalue weighted by atomic mass is 10.0. The predicted octanol–water partition coefficient (Wildman–Crippen LogP) is 2.94. The summed E-state index contributed by atoms with van der Waals surface area (Å²) in [5, 5.41) is 10.5. The quantitative estimate of drug-likeness (QED) is 0.756. The fourth-order valence-corrected chi connectivity index (χ4v) is 2.71. The van der Waals surface area contributed by atoms with Crippen molar-refractivity contribution in [1.82, 2.24) is 4.57 Å². The fraction of sp³-hybridized carbons (Fsp3) is 0.188. The van der Waals surface area contributed by atoms with Gasteiger partial charge in [0.15, 0.2) is 5.58 Å². The molecule has 1 unspecified atom stereocenters. The van der Waals surface area contributed by atoms with Crippen LogP contribution in [0.3, 0.4) is 0 Å². The standard InChI is InChI=1S/C16H15NO3S/c1-17-13-8-5-11(9-14(13)20-16(17)19)15(18)10-3-6-12(21-2)7-4-10/h3-9,15,18H,1-2H3. The van der Waals surface area contributed by atoms with E-state index in [2.05, 4.69) is 0 Å². The van der Waals surface area contributed by atoms with E-state index in [9.17, 15) is 9.90 Å². The lowest BCUT2D eigenvalue weighted by Crippen LogP contribution is -2.08. The van der Waals surface area contributed by atoms with Gasteiger partial charge in [0.2, 0.25) is 0 Å². The number of rotatable bonds is 3. The van der Waals surface area contributed by atoms with Gasteiger partial charge in [0.25, 0.3) is 0 Å². The molecule has 1 atom stereocenters. The van der Waals surface area contributed by atoms with Gasteiger partial charge in [-0.25, -0.2) is 4.79 Å². The van der Waals surface area contributed by atoms with Crippen LogP contribution in [0.1, 0.15) is 17.2 Å². The van der Waals surface area contributed by atoms with Gasteiger partial charge in [-0.05, 0) is 41.6 Å². The molecule has 3 rings (SSSR count). The number of hydrogen-bond acceptors (Lipinski definition) is 4. The van der Waals surface area contributed by atoms with Gasteiger partial charge in [-0.1, -0.05) is 18.2 Å². The van der Waals surface area contributed by atoms with Gasteiger partial charge in [-0.2, -0.15) is 0 Å². The number of aryl methyl sites for hydroxylation is 1. The van der Waals surface area contributed by atoms with Crippen LogP contribution in [0.25, 0.3) is 11.1 Å². The Labute approximate surface area is 126 Å². The first-order valence-corrected chi connectivity index (χ1v) is 7.74. The number of benzene rings is 2. The molecule has 1 heterocycles. The molecule has 0 saturated carbocycles. The van der Waals surface area contributed by atoms with Gasteiger partial charge in [0.1, 0.15) is 6.10 Å². The lowest BCUT2D eigenvalue weighted by molar-refractivity contribution is 0.220. The number of thioether (sulfide) groups is 1. The maximum atomic E-state index is 11.5. The highest BCUT2D eigenvalue weighted by atomic mass is 32.2. The topological polar surface area (TPSA) is 55.4 Å². The molecule has 5 heteroatoms. The summed E-state index contributed by atoms with van der Waals surface area (Å²) in [6, 6.07) is 13.1. The third kappa shape index (κ3) is 2.50. The third-order valence-electron chi connectivity index (χ3n) is 3.56. The molecule has 108 valence electrons. The van der Waals surface area contributed by atoms with Crippen molar-refractivity contribution in [2.45, 2.75) is 11.0 Å². The molecule has 0 radical (unpaired) electrons. The second-order valence-electron chi connectivity index (χ2n) is 4.83. The zero-order valence-electron chi connectivity index (χ0n) is 11.7. The molecule has 1 aromatic heterocycles. The first-order chi connectivity index (χ1) is 10.1. The van der Waals surface area contributed by atoms with E-state index < -0.39 is 11.9 Å². The molecule has 0 bridgehead atoms. The van der Waals surface area contributed by atoms with E-state index in [0.29, 0.717) is 16.7 Å². The van der Waals surface area contributed by atoms with Crippen LogP contribution >= 0.6 is 11.8 Å². The van der Waals surface area contributed by atoms with Crippen LogP contribution in [0.5, 0.6) is 0 Å². The van der Waals surface area contributed by atoms with E-state index in [-0.39, 0.29) is 0 Å². The van der Waals surface area contributed by atoms with Gasteiger partial charge in [0, 0.05) is 11.9 Å². The van der Waals surface area contributed by atoms with E-state index in [1.165, 1.54) is 4.57 Å². The van der Waals surface area contributed by atoms with Crippen LogP contribution in [0.4, 0.5) is 0 Å². The van der Waals surface area contributed by atoms with Crippen LogP contribution in [0.2, 0.25) is 0 Å². The smallest absolute Gasteiger partial charge is 0.408 e. The Morgan fingerprint density at radius 3 is 2.48 bits per heavy atom. The summed E-state index contributed by atoms with van der Waals surface area (Å²) in [5.41, 5.74) is 2.72. The average molecular weight is 301 g/mol. The Bertz CT molecular complexity index is 833. The Morgan fingerprint density at radius 2 is 1.81 bits per heavy atom. The summed E-state index contributed by atoms with van der Waals surface area (Å²) in [4.78, 5) is 12.6. The van der Waals surface area contributed by atoms with Gasteiger partial charge in [-0.15, -0.1) is 11.8 Å². The Balaban J connectivity index is 2.00. The van der Waals surface area contributed by atoms with Crippen molar-refractivity contribution < 1.29 is 9.52 Å². The van der Waals surface area contributed by atoms with Gasteiger partial charge in [0.05, 0.1) is 5.52 Å². The SMILES string of the molecule is CSc1ccc(C(O)c2ccc3c(c2)oc(=O)n3C)cc1. The number of oxazole rings is 1. The van der Waals surface area contributed by atoms with Crippen LogP contribution in [0, 0.1) is 0 Å². The summed E-state index contributed by atoms with van der Waals surface area (Å²) in [7, 11) is 1.66. The van der Waals surface area contributed by atoms with Crippen LogP contribution in [-0.4, -0.2) is 15.9 Å². The van der Waals surface area contributed by atoms with Crippen molar-refractivity contribution in [1.29, 1.82) is 0 Å². The van der Waals surface area contributed by atoms with Crippen molar-refractivity contribution in [3.63, 3.8) is 0 Å². The number of nitrogens with zero attached hydrogens (tertiary/aromatic N) is 1. The zero-order valence-corrected chi connectivity index (χ0v) is 12.6. The third-order valence-corrected chi connectivity index (χ3v) is 4.31. The second kappa shape index (κ2) is 5.42. The van der Waals surface area contributed by atoms with Crippen molar-refractivity contribution in [2.24, 2.45) is 7.05 Å². The molecule has 0 amide bonds. The largest absolute Gasteiger partial charge is 0.419 e. The molecule has 4 nitrogen and oxygen atoms in total. The summed E-state index contributed by atoms with van der Waals surface area (Å²) in [5.74, 6) is -0.402. The molecule has 3 aromatic rings. The van der Waals surface area contributed by atoms with E-state index in [0.717, 1.165) is 10.5 Å². The summed E-state index contributed by atoms with van der Waals surface area (Å²) in [6.07, 6.45) is 1.27. The highest BCUT2D eigenvalue weighted by Gasteiger charge is 2.13. The minimum Gasteiger partial charge on any atom is -0.408 e. The van der Waals surface area contributed by atoms with Gasteiger partial charge in [-0.3, -0.25) is 4.57 Å². The molecule has 0 fully saturated rings. The average Bonchev–Trinajstić information content (AvgIpc) is 2.81. The van der Waals surface area contributed by atoms with Crippen LogP contribution < -0.4 is 5.76 Å². The zero-order chi connectivity index (χ0) is 15.0. The normalized spacial score (nSPS) is 12.7. The van der Waals surface area contributed by atoms with Crippen molar-refractivity contribution >= 4 is 22.9 Å². The molecule has 1 N–H and O–H groups in total. The van der Waals surface area contributed by atoms with Crippen molar-refractivity contribution in [3.8, 4) is 0 Å². The highest BCUT2D eigenvalue weighted by Crippen LogP contribution is 2.26. The molecule has 21 heavy (non-hydrogen) atoms.